The van der Waals surface area contributed by atoms with E-state index < -0.39 is 4.92 Å². The number of nitro benzene ring substituents is 1. The number of hydrogen-bond acceptors (Lipinski definition) is 3. The predicted molar refractivity (Wildman–Crippen MR) is 96.5 cm³/mol. The Morgan fingerprint density at radius 1 is 1.17 bits per heavy atom. The summed E-state index contributed by atoms with van der Waals surface area (Å²) in [5.41, 5.74) is 2.05. The van der Waals surface area contributed by atoms with Crippen LogP contribution in [-0.2, 0) is 13.0 Å². The van der Waals surface area contributed by atoms with Crippen molar-refractivity contribution in [1.29, 1.82) is 0 Å². The van der Waals surface area contributed by atoms with Gasteiger partial charge in [-0.15, -0.1) is 0 Å². The molecule has 0 heterocycles. The van der Waals surface area contributed by atoms with Crippen molar-refractivity contribution in [1.82, 2.24) is 10.6 Å². The van der Waals surface area contributed by atoms with Crippen LogP contribution in [0.15, 0.2) is 53.5 Å². The van der Waals surface area contributed by atoms with E-state index >= 15 is 0 Å². The lowest BCUT2D eigenvalue weighted by molar-refractivity contribution is -0.384. The maximum Gasteiger partial charge on any atom is 0.269 e. The number of nitro groups is 1. The van der Waals surface area contributed by atoms with Crippen LogP contribution in [0, 0.1) is 10.1 Å². The normalized spacial score (nSPS) is 11.2. The van der Waals surface area contributed by atoms with Crippen molar-refractivity contribution in [2.24, 2.45) is 4.99 Å². The molecular formula is C17H19ClN4O2. The predicted octanol–water partition coefficient (Wildman–Crippen LogP) is 3.16. The first-order valence-electron chi connectivity index (χ1n) is 7.51. The van der Waals surface area contributed by atoms with Crippen LogP contribution in [0.3, 0.4) is 0 Å². The standard InChI is InChI=1S/C17H19ClN4O2/c1-19-17(20-9-8-13-4-2-6-15(18)10-13)21-12-14-5-3-7-16(11-14)22(23)24/h2-7,10-11H,8-9,12H2,1H3,(H2,19,20,21). The summed E-state index contributed by atoms with van der Waals surface area (Å²) in [6.07, 6.45) is 0.818. The fourth-order valence-corrected chi connectivity index (χ4v) is 2.42. The van der Waals surface area contributed by atoms with E-state index in [9.17, 15) is 10.1 Å². The minimum Gasteiger partial charge on any atom is -0.356 e. The van der Waals surface area contributed by atoms with Crippen LogP contribution in [0.25, 0.3) is 0 Å². The zero-order valence-electron chi connectivity index (χ0n) is 13.3. The van der Waals surface area contributed by atoms with Gasteiger partial charge in [-0.1, -0.05) is 35.9 Å². The molecule has 0 aromatic heterocycles. The molecular weight excluding hydrogens is 328 g/mol. The fourth-order valence-electron chi connectivity index (χ4n) is 2.20. The average Bonchev–Trinajstić information content (AvgIpc) is 2.58. The summed E-state index contributed by atoms with van der Waals surface area (Å²) in [6.45, 7) is 1.16. The van der Waals surface area contributed by atoms with Gasteiger partial charge < -0.3 is 10.6 Å². The molecule has 2 aromatic carbocycles. The molecule has 0 spiro atoms. The lowest BCUT2D eigenvalue weighted by Crippen LogP contribution is -2.37. The number of nitrogens with zero attached hydrogens (tertiary/aromatic N) is 2. The van der Waals surface area contributed by atoms with Crippen LogP contribution in [0.1, 0.15) is 11.1 Å². The molecule has 0 radical (unpaired) electrons. The Bertz CT molecular complexity index is 734. The van der Waals surface area contributed by atoms with Crippen molar-refractivity contribution in [3.05, 3.63) is 74.8 Å². The van der Waals surface area contributed by atoms with Gasteiger partial charge in [-0.25, -0.2) is 0 Å². The molecule has 0 saturated carbocycles. The van der Waals surface area contributed by atoms with Crippen LogP contribution < -0.4 is 10.6 Å². The highest BCUT2D eigenvalue weighted by Crippen LogP contribution is 2.13. The van der Waals surface area contributed by atoms with Crippen molar-refractivity contribution in [2.45, 2.75) is 13.0 Å². The minimum absolute atomic E-state index is 0.0817. The van der Waals surface area contributed by atoms with E-state index in [2.05, 4.69) is 15.6 Å². The molecule has 7 heteroatoms. The SMILES string of the molecule is CN=C(NCCc1cccc(Cl)c1)NCc1cccc([N+](=O)[O-])c1. The van der Waals surface area contributed by atoms with Gasteiger partial charge in [0.25, 0.3) is 5.69 Å². The van der Waals surface area contributed by atoms with Gasteiger partial charge in [0, 0.05) is 37.3 Å². The third-order valence-electron chi connectivity index (χ3n) is 3.40. The molecule has 0 fully saturated rings. The van der Waals surface area contributed by atoms with Crippen LogP contribution in [-0.4, -0.2) is 24.5 Å². The second-order valence-corrected chi connectivity index (χ2v) is 5.60. The zero-order chi connectivity index (χ0) is 17.4. The molecule has 0 aliphatic heterocycles. The summed E-state index contributed by atoms with van der Waals surface area (Å²) in [6, 6.07) is 14.2. The maximum atomic E-state index is 10.8. The molecule has 2 aromatic rings. The molecule has 0 unspecified atom stereocenters. The summed E-state index contributed by atoms with van der Waals surface area (Å²) in [5, 5.41) is 17.9. The van der Waals surface area contributed by atoms with E-state index in [1.165, 1.54) is 6.07 Å². The largest absolute Gasteiger partial charge is 0.356 e. The van der Waals surface area contributed by atoms with Crippen molar-refractivity contribution in [3.8, 4) is 0 Å². The van der Waals surface area contributed by atoms with Crippen molar-refractivity contribution < 1.29 is 4.92 Å². The van der Waals surface area contributed by atoms with Gasteiger partial charge in [0.2, 0.25) is 0 Å². The summed E-state index contributed by atoms with van der Waals surface area (Å²) < 4.78 is 0. The summed E-state index contributed by atoms with van der Waals surface area (Å²) in [7, 11) is 1.68. The van der Waals surface area contributed by atoms with Gasteiger partial charge in [-0.3, -0.25) is 15.1 Å². The average molecular weight is 347 g/mol. The van der Waals surface area contributed by atoms with E-state index in [4.69, 9.17) is 11.6 Å². The number of nitrogens with one attached hydrogen (secondary N) is 2. The number of halogens is 1. The smallest absolute Gasteiger partial charge is 0.269 e. The van der Waals surface area contributed by atoms with E-state index in [1.54, 1.807) is 19.2 Å². The quantitative estimate of drug-likeness (QED) is 0.364. The number of benzene rings is 2. The van der Waals surface area contributed by atoms with Crippen LogP contribution in [0.2, 0.25) is 5.02 Å². The second-order valence-electron chi connectivity index (χ2n) is 5.16. The molecule has 2 N–H and O–H groups in total. The Hall–Kier alpha value is -2.60. The monoisotopic (exact) mass is 346 g/mol. The van der Waals surface area contributed by atoms with E-state index in [0.717, 1.165) is 22.6 Å². The number of guanidine groups is 1. The highest BCUT2D eigenvalue weighted by atomic mass is 35.5. The van der Waals surface area contributed by atoms with E-state index in [-0.39, 0.29) is 5.69 Å². The molecule has 0 aliphatic carbocycles. The summed E-state index contributed by atoms with van der Waals surface area (Å²) in [4.78, 5) is 14.5. The molecule has 24 heavy (non-hydrogen) atoms. The number of non-ortho nitro benzene ring substituents is 1. The van der Waals surface area contributed by atoms with Gasteiger partial charge in [0.1, 0.15) is 0 Å². The Kier molecular flexibility index (Phi) is 6.57. The molecule has 126 valence electrons. The van der Waals surface area contributed by atoms with Crippen LogP contribution >= 0.6 is 11.6 Å². The Balaban J connectivity index is 1.82. The first-order valence-corrected chi connectivity index (χ1v) is 7.88. The first-order chi connectivity index (χ1) is 11.6. The lowest BCUT2D eigenvalue weighted by Gasteiger charge is -2.12. The third kappa shape index (κ3) is 5.55. The zero-order valence-corrected chi connectivity index (χ0v) is 14.1. The van der Waals surface area contributed by atoms with Crippen molar-refractivity contribution in [3.63, 3.8) is 0 Å². The number of aliphatic imine (C=N–C) groups is 1. The van der Waals surface area contributed by atoms with E-state index in [0.29, 0.717) is 19.0 Å². The van der Waals surface area contributed by atoms with Crippen LogP contribution in [0.5, 0.6) is 0 Å². The van der Waals surface area contributed by atoms with Gasteiger partial charge in [0.15, 0.2) is 5.96 Å². The Morgan fingerprint density at radius 3 is 2.62 bits per heavy atom. The molecule has 6 nitrogen and oxygen atoms in total. The highest BCUT2D eigenvalue weighted by Gasteiger charge is 2.06. The van der Waals surface area contributed by atoms with Crippen molar-refractivity contribution >= 4 is 23.2 Å². The molecule has 0 amide bonds. The summed E-state index contributed by atoms with van der Waals surface area (Å²) >= 11 is 5.96. The van der Waals surface area contributed by atoms with Crippen LogP contribution in [0.4, 0.5) is 5.69 Å². The second kappa shape index (κ2) is 8.88. The minimum atomic E-state index is -0.401. The molecule has 0 saturated heterocycles. The van der Waals surface area contributed by atoms with Crippen molar-refractivity contribution in [2.75, 3.05) is 13.6 Å². The lowest BCUT2D eigenvalue weighted by atomic mass is 10.1. The molecule has 0 atom stereocenters. The molecule has 0 bridgehead atoms. The number of hydrogen-bond donors (Lipinski definition) is 2. The van der Waals surface area contributed by atoms with Gasteiger partial charge in [-0.05, 0) is 29.7 Å². The number of rotatable bonds is 6. The molecule has 2 rings (SSSR count). The third-order valence-corrected chi connectivity index (χ3v) is 3.64. The highest BCUT2D eigenvalue weighted by molar-refractivity contribution is 6.30. The van der Waals surface area contributed by atoms with Gasteiger partial charge >= 0.3 is 0 Å². The van der Waals surface area contributed by atoms with Gasteiger partial charge in [0.05, 0.1) is 4.92 Å². The Labute approximate surface area is 145 Å². The molecule has 0 aliphatic rings. The summed E-state index contributed by atoms with van der Waals surface area (Å²) in [5.74, 6) is 0.642. The fraction of sp³-hybridized carbons (Fsp3) is 0.235. The maximum absolute atomic E-state index is 10.8. The Morgan fingerprint density at radius 2 is 1.92 bits per heavy atom. The first kappa shape index (κ1) is 17.7. The van der Waals surface area contributed by atoms with E-state index in [1.807, 2.05) is 30.3 Å². The van der Waals surface area contributed by atoms with Gasteiger partial charge in [-0.2, -0.15) is 0 Å². The topological polar surface area (TPSA) is 79.6 Å².